The summed E-state index contributed by atoms with van der Waals surface area (Å²) in [7, 11) is 0. The van der Waals surface area contributed by atoms with Crippen LogP contribution in [-0.4, -0.2) is 37.2 Å². The van der Waals surface area contributed by atoms with E-state index in [9.17, 15) is 9.59 Å². The molecule has 0 N–H and O–H groups in total. The number of ether oxygens (including phenoxy) is 1. The molecule has 0 bridgehead atoms. The summed E-state index contributed by atoms with van der Waals surface area (Å²) in [5.41, 5.74) is 3.89. The van der Waals surface area contributed by atoms with Gasteiger partial charge in [0.2, 0.25) is 11.8 Å². The van der Waals surface area contributed by atoms with E-state index in [-0.39, 0.29) is 24.8 Å². The van der Waals surface area contributed by atoms with Crippen LogP contribution in [0, 0.1) is 6.92 Å². The van der Waals surface area contributed by atoms with Crippen molar-refractivity contribution in [2.45, 2.75) is 13.3 Å². The van der Waals surface area contributed by atoms with Gasteiger partial charge < -0.3 is 14.5 Å². The standard InChI is InChI=1S/C24H21N3O3S/c1-16-8-9-21-20(13-16)26(10-11-30-21)24(29)15-27-19-6-3-2-5-17(19)25-18(14-23(27)28)22-7-4-12-31-22/h2-9,12-13H,10-11,14-15H2,1H3. The monoisotopic (exact) mass is 431 g/mol. The Morgan fingerprint density at radius 3 is 2.84 bits per heavy atom. The summed E-state index contributed by atoms with van der Waals surface area (Å²) in [5, 5.41) is 1.97. The summed E-state index contributed by atoms with van der Waals surface area (Å²) in [6.45, 7) is 2.82. The summed E-state index contributed by atoms with van der Waals surface area (Å²) in [6.07, 6.45) is 0.154. The number of carbonyl (C=O) groups is 2. The summed E-state index contributed by atoms with van der Waals surface area (Å²) >= 11 is 1.56. The fraction of sp³-hybridized carbons (Fsp3) is 0.208. The SMILES string of the molecule is Cc1ccc2c(c1)N(C(=O)CN1C(=O)CC(c3cccs3)=Nc3ccccc31)CCO2. The Morgan fingerprint density at radius 1 is 1.13 bits per heavy atom. The van der Waals surface area contributed by atoms with Crippen molar-refractivity contribution >= 4 is 45.9 Å². The lowest BCUT2D eigenvalue weighted by atomic mass is 10.1. The third kappa shape index (κ3) is 3.72. The second kappa shape index (κ2) is 8.00. The average Bonchev–Trinajstić information content (AvgIpc) is 3.27. The Labute approximate surface area is 184 Å². The highest BCUT2D eigenvalue weighted by Gasteiger charge is 2.30. The van der Waals surface area contributed by atoms with Gasteiger partial charge in [-0.25, -0.2) is 4.99 Å². The number of aryl methyl sites for hydroxylation is 1. The average molecular weight is 432 g/mol. The van der Waals surface area contributed by atoms with Gasteiger partial charge in [-0.15, -0.1) is 11.3 Å². The lowest BCUT2D eigenvalue weighted by Gasteiger charge is -2.32. The van der Waals surface area contributed by atoms with Crippen LogP contribution in [-0.2, 0) is 9.59 Å². The van der Waals surface area contributed by atoms with E-state index in [2.05, 4.69) is 0 Å². The number of hydrogen-bond donors (Lipinski definition) is 0. The van der Waals surface area contributed by atoms with Crippen molar-refractivity contribution in [1.82, 2.24) is 0 Å². The van der Waals surface area contributed by atoms with E-state index < -0.39 is 0 Å². The maximum Gasteiger partial charge on any atom is 0.247 e. The first-order valence-corrected chi connectivity index (χ1v) is 11.0. The van der Waals surface area contributed by atoms with Crippen molar-refractivity contribution in [3.8, 4) is 5.75 Å². The van der Waals surface area contributed by atoms with Crippen LogP contribution in [0.15, 0.2) is 65.0 Å². The molecular formula is C24H21N3O3S. The van der Waals surface area contributed by atoms with Crippen molar-refractivity contribution in [2.75, 3.05) is 29.5 Å². The molecule has 0 spiro atoms. The number of aliphatic imine (C=N–C) groups is 1. The van der Waals surface area contributed by atoms with Crippen molar-refractivity contribution in [3.63, 3.8) is 0 Å². The van der Waals surface area contributed by atoms with E-state index in [0.29, 0.717) is 30.3 Å². The van der Waals surface area contributed by atoms with Gasteiger partial charge in [0.25, 0.3) is 0 Å². The number of amides is 2. The molecule has 2 aliphatic heterocycles. The van der Waals surface area contributed by atoms with E-state index in [1.54, 1.807) is 21.1 Å². The van der Waals surface area contributed by atoms with Gasteiger partial charge in [-0.1, -0.05) is 24.3 Å². The van der Waals surface area contributed by atoms with Crippen molar-refractivity contribution in [1.29, 1.82) is 0 Å². The van der Waals surface area contributed by atoms with Gasteiger partial charge in [0.05, 0.1) is 35.7 Å². The summed E-state index contributed by atoms with van der Waals surface area (Å²) in [5.74, 6) is 0.414. The number of anilines is 2. The molecule has 1 aromatic heterocycles. The summed E-state index contributed by atoms with van der Waals surface area (Å²) in [6, 6.07) is 17.2. The summed E-state index contributed by atoms with van der Waals surface area (Å²) < 4.78 is 5.71. The molecule has 3 heterocycles. The molecule has 0 atom stereocenters. The van der Waals surface area contributed by atoms with Crippen LogP contribution >= 0.6 is 11.3 Å². The van der Waals surface area contributed by atoms with E-state index in [1.165, 1.54) is 0 Å². The van der Waals surface area contributed by atoms with Gasteiger partial charge in [-0.2, -0.15) is 0 Å². The number of hydrogen-bond acceptors (Lipinski definition) is 5. The molecule has 5 rings (SSSR count). The van der Waals surface area contributed by atoms with Gasteiger partial charge in [0.1, 0.15) is 18.9 Å². The van der Waals surface area contributed by atoms with Crippen molar-refractivity contribution in [3.05, 3.63) is 70.4 Å². The highest BCUT2D eigenvalue weighted by molar-refractivity contribution is 7.12. The highest BCUT2D eigenvalue weighted by Crippen LogP contribution is 2.35. The molecule has 3 aromatic rings. The number of rotatable bonds is 3. The first-order chi connectivity index (χ1) is 15.1. The minimum absolute atomic E-state index is 0.0452. The van der Waals surface area contributed by atoms with Crippen molar-refractivity contribution < 1.29 is 14.3 Å². The third-order valence-electron chi connectivity index (χ3n) is 5.43. The van der Waals surface area contributed by atoms with Gasteiger partial charge >= 0.3 is 0 Å². The first-order valence-electron chi connectivity index (χ1n) is 10.1. The van der Waals surface area contributed by atoms with Crippen LogP contribution in [0.4, 0.5) is 17.1 Å². The minimum Gasteiger partial charge on any atom is -0.490 e. The normalized spacial score (nSPS) is 15.5. The fourth-order valence-electron chi connectivity index (χ4n) is 3.91. The number of para-hydroxylation sites is 2. The topological polar surface area (TPSA) is 62.2 Å². The third-order valence-corrected chi connectivity index (χ3v) is 6.34. The lowest BCUT2D eigenvalue weighted by molar-refractivity contribution is -0.122. The molecule has 31 heavy (non-hydrogen) atoms. The van der Waals surface area contributed by atoms with Crippen LogP contribution < -0.4 is 14.5 Å². The minimum atomic E-state index is -0.141. The van der Waals surface area contributed by atoms with Crippen LogP contribution in [0.1, 0.15) is 16.9 Å². The molecule has 156 valence electrons. The van der Waals surface area contributed by atoms with Crippen LogP contribution in [0.5, 0.6) is 5.75 Å². The smallest absolute Gasteiger partial charge is 0.247 e. The largest absolute Gasteiger partial charge is 0.490 e. The molecule has 0 fully saturated rings. The molecule has 6 nitrogen and oxygen atoms in total. The Morgan fingerprint density at radius 2 is 2.00 bits per heavy atom. The second-order valence-corrected chi connectivity index (χ2v) is 8.49. The quantitative estimate of drug-likeness (QED) is 0.620. The molecule has 0 unspecified atom stereocenters. The van der Waals surface area contributed by atoms with Crippen LogP contribution in [0.25, 0.3) is 0 Å². The number of thiophene rings is 1. The highest BCUT2D eigenvalue weighted by atomic mass is 32.1. The van der Waals surface area contributed by atoms with E-state index >= 15 is 0 Å². The molecule has 2 aliphatic rings. The molecular weight excluding hydrogens is 410 g/mol. The van der Waals surface area contributed by atoms with E-state index in [0.717, 1.165) is 21.8 Å². The number of carbonyl (C=O) groups excluding carboxylic acids is 2. The molecule has 0 aliphatic carbocycles. The maximum absolute atomic E-state index is 13.4. The molecule has 0 radical (unpaired) electrons. The maximum atomic E-state index is 13.4. The van der Waals surface area contributed by atoms with Crippen molar-refractivity contribution in [2.24, 2.45) is 4.99 Å². The fourth-order valence-corrected chi connectivity index (χ4v) is 4.63. The van der Waals surface area contributed by atoms with Crippen LogP contribution in [0.3, 0.4) is 0 Å². The zero-order chi connectivity index (χ0) is 21.4. The second-order valence-electron chi connectivity index (χ2n) is 7.55. The first kappa shape index (κ1) is 19.5. The van der Waals surface area contributed by atoms with Crippen LogP contribution in [0.2, 0.25) is 0 Å². The molecule has 0 saturated heterocycles. The van der Waals surface area contributed by atoms with Gasteiger partial charge in [0.15, 0.2) is 0 Å². The number of nitrogens with zero attached hydrogens (tertiary/aromatic N) is 3. The molecule has 0 saturated carbocycles. The predicted octanol–water partition coefficient (Wildman–Crippen LogP) is 4.34. The lowest BCUT2D eigenvalue weighted by Crippen LogP contribution is -2.46. The number of fused-ring (bicyclic) bond motifs is 2. The zero-order valence-electron chi connectivity index (χ0n) is 17.1. The van der Waals surface area contributed by atoms with Gasteiger partial charge in [0, 0.05) is 4.88 Å². The Hall–Kier alpha value is -3.45. The Kier molecular flexibility index (Phi) is 5.03. The van der Waals surface area contributed by atoms with Gasteiger partial charge in [-0.3, -0.25) is 9.59 Å². The number of benzene rings is 2. The molecule has 2 amide bonds. The predicted molar refractivity (Wildman–Crippen MR) is 123 cm³/mol. The molecule has 2 aromatic carbocycles. The van der Waals surface area contributed by atoms with E-state index in [4.69, 9.17) is 9.73 Å². The molecule has 7 heteroatoms. The van der Waals surface area contributed by atoms with E-state index in [1.807, 2.05) is 66.9 Å². The zero-order valence-corrected chi connectivity index (χ0v) is 17.9. The Bertz CT molecular complexity index is 1190. The van der Waals surface area contributed by atoms with Gasteiger partial charge in [-0.05, 0) is 48.2 Å². The Balaban J connectivity index is 1.46. The summed E-state index contributed by atoms with van der Waals surface area (Å²) in [4.78, 5) is 35.6.